The second-order valence-corrected chi connectivity index (χ2v) is 9.87. The highest BCUT2D eigenvalue weighted by Crippen LogP contribution is 2.61. The largest absolute Gasteiger partial charge is 0.296 e. The van der Waals surface area contributed by atoms with Crippen LogP contribution in [0.1, 0.15) is 50.5 Å². The lowest BCUT2D eigenvalue weighted by Crippen LogP contribution is -2.46. The van der Waals surface area contributed by atoms with Gasteiger partial charge in [-0.1, -0.05) is 17.7 Å². The Bertz CT molecular complexity index is 640. The van der Waals surface area contributed by atoms with Crippen molar-refractivity contribution < 1.29 is 12.6 Å². The second kappa shape index (κ2) is 5.59. The summed E-state index contributed by atoms with van der Waals surface area (Å²) in [5, 5.41) is 0. The molecule has 4 heteroatoms. The van der Waals surface area contributed by atoms with Gasteiger partial charge in [0.1, 0.15) is 0 Å². The molecule has 0 aromatic heterocycles. The molecule has 0 saturated heterocycles. The van der Waals surface area contributed by atoms with Gasteiger partial charge in [0.15, 0.2) is 0 Å². The Kier molecular flexibility index (Phi) is 3.80. The highest BCUT2D eigenvalue weighted by molar-refractivity contribution is 7.86. The van der Waals surface area contributed by atoms with Crippen LogP contribution in [-0.2, 0) is 14.3 Å². The third kappa shape index (κ3) is 3.08. The van der Waals surface area contributed by atoms with Crippen LogP contribution in [-0.4, -0.2) is 15.0 Å². The maximum absolute atomic E-state index is 12.3. The summed E-state index contributed by atoms with van der Waals surface area (Å²) in [6.45, 7) is 2.28. The van der Waals surface area contributed by atoms with Gasteiger partial charge in [0, 0.05) is 0 Å². The quantitative estimate of drug-likeness (QED) is 0.754. The minimum atomic E-state index is -3.61. The zero-order chi connectivity index (χ0) is 16.1. The lowest BCUT2D eigenvalue weighted by atomic mass is 9.49. The predicted molar refractivity (Wildman–Crippen MR) is 89.5 cm³/mol. The molecule has 1 aromatic carbocycles. The highest BCUT2D eigenvalue weighted by Gasteiger charge is 2.50. The predicted octanol–water partition coefficient (Wildman–Crippen LogP) is 4.31. The molecule has 0 N–H and O–H groups in total. The van der Waals surface area contributed by atoms with E-state index in [4.69, 9.17) is 4.18 Å². The van der Waals surface area contributed by atoms with Gasteiger partial charge in [-0.15, -0.1) is 0 Å². The topological polar surface area (TPSA) is 43.4 Å². The molecule has 23 heavy (non-hydrogen) atoms. The maximum atomic E-state index is 12.3. The van der Waals surface area contributed by atoms with Gasteiger partial charge >= 0.3 is 0 Å². The van der Waals surface area contributed by atoms with E-state index in [0.717, 1.165) is 29.7 Å². The smallest absolute Gasteiger partial charge is 0.266 e. The van der Waals surface area contributed by atoms with Gasteiger partial charge in [0.25, 0.3) is 10.1 Å². The zero-order valence-electron chi connectivity index (χ0n) is 13.8. The molecule has 0 atom stereocenters. The maximum Gasteiger partial charge on any atom is 0.296 e. The Morgan fingerprint density at radius 1 is 1.00 bits per heavy atom. The molecule has 5 rings (SSSR count). The number of aryl methyl sites for hydroxylation is 1. The van der Waals surface area contributed by atoms with Crippen molar-refractivity contribution >= 4 is 10.1 Å². The number of rotatable bonds is 5. The average Bonchev–Trinajstić information content (AvgIpc) is 2.45. The SMILES string of the molecule is Cc1ccc(S(=O)(=O)OCCC23CC4CC(CC(C4)C2)C3)cc1. The normalized spacial score (nSPS) is 35.6. The molecule has 4 aliphatic rings. The van der Waals surface area contributed by atoms with Crippen LogP contribution in [0, 0.1) is 30.1 Å². The van der Waals surface area contributed by atoms with E-state index >= 15 is 0 Å². The fourth-order valence-corrected chi connectivity index (χ4v) is 6.65. The summed E-state index contributed by atoms with van der Waals surface area (Å²) >= 11 is 0. The molecule has 1 aromatic rings. The van der Waals surface area contributed by atoms with Crippen LogP contribution in [0.4, 0.5) is 0 Å². The Hall–Kier alpha value is -0.870. The van der Waals surface area contributed by atoms with Crippen molar-refractivity contribution in [2.75, 3.05) is 6.61 Å². The van der Waals surface area contributed by atoms with Crippen molar-refractivity contribution in [3.8, 4) is 0 Å². The molecule has 0 amide bonds. The van der Waals surface area contributed by atoms with Gasteiger partial charge in [-0.2, -0.15) is 8.42 Å². The Morgan fingerprint density at radius 3 is 2.04 bits per heavy atom. The molecule has 0 spiro atoms. The van der Waals surface area contributed by atoms with Crippen LogP contribution in [0.3, 0.4) is 0 Å². The van der Waals surface area contributed by atoms with Gasteiger partial charge in [0.05, 0.1) is 11.5 Å². The lowest BCUT2D eigenvalue weighted by molar-refractivity contribution is -0.0619. The summed E-state index contributed by atoms with van der Waals surface area (Å²) < 4.78 is 30.0. The number of hydrogen-bond acceptors (Lipinski definition) is 3. The monoisotopic (exact) mass is 334 g/mol. The first-order valence-electron chi connectivity index (χ1n) is 8.90. The standard InChI is InChI=1S/C19H26O3S/c1-14-2-4-18(5-3-14)23(20,21)22-7-6-19-11-15-8-16(12-19)10-17(9-15)13-19/h2-5,15-17H,6-13H2,1H3. The fraction of sp³-hybridized carbons (Fsp3) is 0.684. The van der Waals surface area contributed by atoms with Crippen molar-refractivity contribution in [2.45, 2.75) is 56.8 Å². The van der Waals surface area contributed by atoms with Crippen LogP contribution in [0.15, 0.2) is 29.2 Å². The Labute approximate surface area is 139 Å². The van der Waals surface area contributed by atoms with Crippen LogP contribution >= 0.6 is 0 Å². The fourth-order valence-electron chi connectivity index (χ4n) is 5.74. The van der Waals surface area contributed by atoms with E-state index in [1.807, 2.05) is 19.1 Å². The first-order chi connectivity index (χ1) is 10.9. The molecule has 4 saturated carbocycles. The van der Waals surface area contributed by atoms with Crippen LogP contribution in [0.25, 0.3) is 0 Å². The van der Waals surface area contributed by atoms with Crippen LogP contribution in [0.2, 0.25) is 0 Å². The molecule has 4 fully saturated rings. The van der Waals surface area contributed by atoms with Crippen molar-refractivity contribution in [2.24, 2.45) is 23.2 Å². The summed E-state index contributed by atoms with van der Waals surface area (Å²) in [5.41, 5.74) is 1.43. The van der Waals surface area contributed by atoms with Crippen molar-refractivity contribution in [1.82, 2.24) is 0 Å². The van der Waals surface area contributed by atoms with Gasteiger partial charge in [-0.05, 0) is 87.2 Å². The van der Waals surface area contributed by atoms with Crippen molar-refractivity contribution in [3.05, 3.63) is 29.8 Å². The average molecular weight is 334 g/mol. The Balaban J connectivity index is 1.39. The van der Waals surface area contributed by atoms with E-state index in [0.29, 0.717) is 12.0 Å². The first kappa shape index (κ1) is 15.6. The third-order valence-corrected chi connectivity index (χ3v) is 7.67. The third-order valence-electron chi connectivity index (χ3n) is 6.35. The summed E-state index contributed by atoms with van der Waals surface area (Å²) in [4.78, 5) is 0.272. The molecule has 3 nitrogen and oxygen atoms in total. The summed E-state index contributed by atoms with van der Waals surface area (Å²) in [6.07, 6.45) is 9.06. The number of hydrogen-bond donors (Lipinski definition) is 0. The van der Waals surface area contributed by atoms with E-state index in [9.17, 15) is 8.42 Å². The van der Waals surface area contributed by atoms with Crippen LogP contribution < -0.4 is 0 Å². The van der Waals surface area contributed by atoms with Gasteiger partial charge in [-0.25, -0.2) is 0 Å². The second-order valence-electron chi connectivity index (χ2n) is 8.26. The summed E-state index contributed by atoms with van der Waals surface area (Å²) in [6, 6.07) is 6.90. The molecular formula is C19H26O3S. The Morgan fingerprint density at radius 2 is 1.52 bits per heavy atom. The van der Waals surface area contributed by atoms with E-state index < -0.39 is 10.1 Å². The molecule has 126 valence electrons. The highest BCUT2D eigenvalue weighted by atomic mass is 32.2. The van der Waals surface area contributed by atoms with E-state index in [1.54, 1.807) is 12.1 Å². The molecule has 4 aliphatic carbocycles. The molecule has 0 aliphatic heterocycles. The van der Waals surface area contributed by atoms with Gasteiger partial charge in [-0.3, -0.25) is 4.18 Å². The zero-order valence-corrected chi connectivity index (χ0v) is 14.6. The molecule has 0 radical (unpaired) electrons. The molecular weight excluding hydrogens is 308 g/mol. The van der Waals surface area contributed by atoms with Crippen molar-refractivity contribution in [3.63, 3.8) is 0 Å². The van der Waals surface area contributed by atoms with Crippen LogP contribution in [0.5, 0.6) is 0 Å². The molecule has 4 bridgehead atoms. The molecule has 0 heterocycles. The molecule has 0 unspecified atom stereocenters. The van der Waals surface area contributed by atoms with E-state index in [2.05, 4.69) is 0 Å². The number of benzene rings is 1. The summed E-state index contributed by atoms with van der Waals surface area (Å²) in [5.74, 6) is 2.69. The van der Waals surface area contributed by atoms with E-state index in [-0.39, 0.29) is 4.90 Å². The lowest BCUT2D eigenvalue weighted by Gasteiger charge is -2.57. The van der Waals surface area contributed by atoms with Crippen molar-refractivity contribution in [1.29, 1.82) is 0 Å². The van der Waals surface area contributed by atoms with E-state index in [1.165, 1.54) is 38.5 Å². The minimum Gasteiger partial charge on any atom is -0.266 e. The van der Waals surface area contributed by atoms with Gasteiger partial charge < -0.3 is 0 Å². The summed E-state index contributed by atoms with van der Waals surface area (Å²) in [7, 11) is -3.61. The first-order valence-corrected chi connectivity index (χ1v) is 10.3. The minimum absolute atomic E-state index is 0.272. The van der Waals surface area contributed by atoms with Gasteiger partial charge in [0.2, 0.25) is 0 Å².